The van der Waals surface area contributed by atoms with Crippen LogP contribution < -0.4 is 30.0 Å². The molecule has 0 spiro atoms. The van der Waals surface area contributed by atoms with Gasteiger partial charge in [0.2, 0.25) is 0 Å². The van der Waals surface area contributed by atoms with Crippen molar-refractivity contribution in [2.75, 3.05) is 0 Å². The van der Waals surface area contributed by atoms with Gasteiger partial charge in [-0.2, -0.15) is 41.5 Å². The van der Waals surface area contributed by atoms with Crippen LogP contribution in [0.5, 0.6) is 0 Å². The summed E-state index contributed by atoms with van der Waals surface area (Å²) in [5.41, 5.74) is 11.5. The Kier molecular flexibility index (Phi) is 14.7. The SMILES string of the molecule is CC(C)(C)c1[c-]c2c(cc1)-c1ccc(C(C)(C)C)cc1C2.Cc1cc([Si](C)(C)C)c[cH-]1.[Cl-].[Cl-].[Zr+2]=[CH]Cc1ccccc1. The predicted molar refractivity (Wildman–Crippen MR) is 177 cm³/mol. The average Bonchev–Trinajstić information content (AvgIpc) is 3.47. The second kappa shape index (κ2) is 16.0. The standard InChI is InChI=1S/C21H25.C9H15Si.C8H8.2ClH.Zr/c1-20(2,3)16-7-9-18-14(12-16)11-15-13-17(21(4,5)6)8-10-19(15)18;1-8-5-6-9(7-8)10(2,3)4;1-2-8-6-4-3-5-7-8;;;/h7-10,12H,11H2,1-6H3;5-7H,1-4H3;1,3-7H,2H2;2*1H;/q2*-1;;;;+2/p-2. The molecule has 0 bridgehead atoms. The van der Waals surface area contributed by atoms with Gasteiger partial charge in [-0.25, -0.2) is 11.3 Å². The van der Waals surface area contributed by atoms with E-state index in [0.717, 1.165) is 12.8 Å². The maximum atomic E-state index is 3.67. The Morgan fingerprint density at radius 1 is 0.833 bits per heavy atom. The monoisotopic (exact) mass is 692 g/mol. The van der Waals surface area contributed by atoms with Crippen molar-refractivity contribution in [3.63, 3.8) is 0 Å². The summed E-state index contributed by atoms with van der Waals surface area (Å²) in [4.78, 5) is 0. The Morgan fingerprint density at radius 2 is 1.45 bits per heavy atom. The number of aryl methyl sites for hydroxylation is 1. The van der Waals surface area contributed by atoms with Gasteiger partial charge < -0.3 is 24.8 Å². The molecule has 42 heavy (non-hydrogen) atoms. The first-order chi connectivity index (χ1) is 18.6. The van der Waals surface area contributed by atoms with Crippen molar-refractivity contribution < 1.29 is 49.0 Å². The molecule has 0 aliphatic heterocycles. The Labute approximate surface area is 285 Å². The first-order valence-electron chi connectivity index (χ1n) is 14.6. The van der Waals surface area contributed by atoms with Crippen molar-refractivity contribution in [3.8, 4) is 11.1 Å². The van der Waals surface area contributed by atoms with E-state index in [1.807, 2.05) is 6.07 Å². The third-order valence-corrected chi connectivity index (χ3v) is 9.96. The molecule has 1 aliphatic carbocycles. The molecule has 0 radical (unpaired) electrons. The van der Waals surface area contributed by atoms with E-state index in [9.17, 15) is 0 Å². The van der Waals surface area contributed by atoms with Gasteiger partial charge in [-0.15, -0.1) is 11.1 Å². The molecule has 0 N–H and O–H groups in total. The molecule has 0 heterocycles. The van der Waals surface area contributed by atoms with Crippen molar-refractivity contribution in [2.45, 2.75) is 91.8 Å². The van der Waals surface area contributed by atoms with E-state index >= 15 is 0 Å². The van der Waals surface area contributed by atoms with Gasteiger partial charge in [0.1, 0.15) is 0 Å². The van der Waals surface area contributed by atoms with Crippen LogP contribution in [0.25, 0.3) is 11.1 Å². The fourth-order valence-corrected chi connectivity index (χ4v) is 6.61. The molecule has 0 saturated heterocycles. The van der Waals surface area contributed by atoms with E-state index in [1.165, 1.54) is 68.7 Å². The van der Waals surface area contributed by atoms with Crippen LogP contribution in [0.1, 0.15) is 74.9 Å². The molecule has 4 heteroatoms. The van der Waals surface area contributed by atoms with Crippen molar-refractivity contribution in [3.05, 3.63) is 118 Å². The molecule has 4 aromatic carbocycles. The van der Waals surface area contributed by atoms with Gasteiger partial charge in [0, 0.05) is 8.07 Å². The summed E-state index contributed by atoms with van der Waals surface area (Å²) in [6.45, 7) is 22.9. The number of rotatable bonds is 3. The quantitative estimate of drug-likeness (QED) is 0.201. The summed E-state index contributed by atoms with van der Waals surface area (Å²) in [7, 11) is -1.01. The summed E-state index contributed by atoms with van der Waals surface area (Å²) in [5, 5.41) is 1.57. The third kappa shape index (κ3) is 10.9. The van der Waals surface area contributed by atoms with E-state index in [2.05, 4.69) is 151 Å². The van der Waals surface area contributed by atoms with Crippen LogP contribution in [0.2, 0.25) is 19.6 Å². The van der Waals surface area contributed by atoms with E-state index in [-0.39, 0.29) is 35.6 Å². The van der Waals surface area contributed by atoms with E-state index in [0.29, 0.717) is 0 Å². The zero-order valence-electron chi connectivity index (χ0n) is 27.3. The summed E-state index contributed by atoms with van der Waals surface area (Å²) >= 11 is 1.51. The molecule has 0 amide bonds. The molecule has 0 unspecified atom stereocenters. The minimum atomic E-state index is -1.01. The Bertz CT molecular complexity index is 1350. The van der Waals surface area contributed by atoms with Crippen LogP contribution in [-0.4, -0.2) is 11.8 Å². The second-order valence-corrected chi connectivity index (χ2v) is 20.2. The molecule has 1 aliphatic rings. The number of hydrogen-bond acceptors (Lipinski definition) is 0. The summed E-state index contributed by atoms with van der Waals surface area (Å²) < 4.78 is 2.25. The van der Waals surface area contributed by atoms with Crippen LogP contribution >= 0.6 is 0 Å². The van der Waals surface area contributed by atoms with E-state index in [1.54, 1.807) is 5.19 Å². The van der Waals surface area contributed by atoms with Crippen LogP contribution in [0, 0.1) is 13.0 Å². The van der Waals surface area contributed by atoms with E-state index < -0.39 is 8.07 Å². The average molecular weight is 695 g/mol. The molecule has 4 aromatic rings. The Hall–Kier alpha value is -1.44. The van der Waals surface area contributed by atoms with Crippen LogP contribution in [-0.2, 0) is 47.9 Å². The van der Waals surface area contributed by atoms with Gasteiger partial charge in [-0.05, 0) is 28.4 Å². The third-order valence-electron chi connectivity index (χ3n) is 7.42. The fourth-order valence-electron chi connectivity index (χ4n) is 4.79. The molecule has 0 nitrogen and oxygen atoms in total. The molecular formula is C38H48Cl2SiZr-2. The molecule has 0 aromatic heterocycles. The van der Waals surface area contributed by atoms with Crippen molar-refractivity contribution >= 4 is 17.0 Å². The number of halogens is 2. The zero-order valence-corrected chi connectivity index (χ0v) is 32.2. The predicted octanol–water partition coefficient (Wildman–Crippen LogP) is 3.50. The Balaban J connectivity index is 0.000000353. The second-order valence-electron chi connectivity index (χ2n) is 14.1. The minimum absolute atomic E-state index is 0. The molecule has 0 saturated carbocycles. The van der Waals surface area contributed by atoms with Crippen LogP contribution in [0.3, 0.4) is 0 Å². The maximum absolute atomic E-state index is 3.67. The van der Waals surface area contributed by atoms with Crippen LogP contribution in [0.4, 0.5) is 0 Å². The van der Waals surface area contributed by atoms with E-state index in [4.69, 9.17) is 0 Å². The van der Waals surface area contributed by atoms with Gasteiger partial charge in [-0.3, -0.25) is 0 Å². The number of fused-ring (bicyclic) bond motifs is 3. The Morgan fingerprint density at radius 3 is 1.93 bits per heavy atom. The van der Waals surface area contributed by atoms with Crippen molar-refractivity contribution in [1.82, 2.24) is 0 Å². The van der Waals surface area contributed by atoms with Gasteiger partial charge in [0.15, 0.2) is 0 Å². The zero-order chi connectivity index (χ0) is 29.7. The first-order valence-corrected chi connectivity index (χ1v) is 19.5. The molecule has 0 atom stereocenters. The van der Waals surface area contributed by atoms with Gasteiger partial charge in [0.05, 0.1) is 0 Å². The van der Waals surface area contributed by atoms with Crippen LogP contribution in [0.15, 0.2) is 78.9 Å². The van der Waals surface area contributed by atoms with Gasteiger partial charge >= 0.3 is 70.3 Å². The fraction of sp³-hybridized carbons (Fsp3) is 0.368. The van der Waals surface area contributed by atoms with Crippen molar-refractivity contribution in [2.24, 2.45) is 0 Å². The molecule has 5 rings (SSSR count). The molecule has 224 valence electrons. The van der Waals surface area contributed by atoms with Gasteiger partial charge in [0.25, 0.3) is 0 Å². The topological polar surface area (TPSA) is 0 Å². The summed E-state index contributed by atoms with van der Waals surface area (Å²) in [5.74, 6) is 0. The van der Waals surface area contributed by atoms with Crippen molar-refractivity contribution in [1.29, 1.82) is 0 Å². The normalized spacial score (nSPS) is 11.8. The summed E-state index contributed by atoms with van der Waals surface area (Å²) in [6.07, 6.45) is 2.15. The van der Waals surface area contributed by atoms with Gasteiger partial charge in [-0.1, -0.05) is 91.9 Å². The first kappa shape index (κ1) is 38.6. The number of hydrogen-bond donors (Lipinski definition) is 0. The molecule has 0 fully saturated rings. The summed E-state index contributed by atoms with van der Waals surface area (Å²) in [6, 6.07) is 32.5. The molecular weight excluding hydrogens is 647 g/mol. The number of benzene rings is 3.